The molecule has 0 saturated carbocycles. The van der Waals surface area contributed by atoms with Crippen LogP contribution in [-0.2, 0) is 16.1 Å². The minimum absolute atomic E-state index is 0.172. The Labute approximate surface area is 122 Å². The molecule has 2 aromatic carbocycles. The summed E-state index contributed by atoms with van der Waals surface area (Å²) in [6.07, 6.45) is 2.27. The topological polar surface area (TPSA) is 69.4 Å². The van der Waals surface area contributed by atoms with E-state index in [1.54, 1.807) is 24.3 Å². The summed E-state index contributed by atoms with van der Waals surface area (Å²) in [4.78, 5) is 23.4. The minimum atomic E-state index is -0.568. The Bertz CT molecular complexity index is 663. The number of benzene rings is 2. The highest BCUT2D eigenvalue weighted by Gasteiger charge is 2.06. The number of allylic oxidation sites excluding steroid dienone is 1. The Morgan fingerprint density at radius 2 is 1.62 bits per heavy atom. The molecule has 0 aliphatic carbocycles. The summed E-state index contributed by atoms with van der Waals surface area (Å²) in [6, 6.07) is 16.0. The first-order valence-electron chi connectivity index (χ1n) is 6.44. The number of ketones is 1. The molecule has 2 rings (SSSR count). The fourth-order valence-corrected chi connectivity index (χ4v) is 1.73. The standard InChI is InChI=1S/C17H15NO3/c18-15-9-5-4-8-14(15)16(19)10-11-17(20)21-12-13-6-2-1-3-7-13/h1-11H,12,18H2/b11-10+. The van der Waals surface area contributed by atoms with Crippen LogP contribution in [0, 0.1) is 0 Å². The number of para-hydroxylation sites is 1. The van der Waals surface area contributed by atoms with Crippen molar-refractivity contribution in [3.8, 4) is 0 Å². The number of nitrogens with two attached hydrogens (primary N) is 1. The number of carbonyl (C=O) groups is 2. The number of rotatable bonds is 5. The summed E-state index contributed by atoms with van der Waals surface area (Å²) in [5, 5.41) is 0. The predicted octanol–water partition coefficient (Wildman–Crippen LogP) is 2.75. The molecule has 2 N–H and O–H groups in total. The van der Waals surface area contributed by atoms with Crippen LogP contribution >= 0.6 is 0 Å². The van der Waals surface area contributed by atoms with Gasteiger partial charge in [0.15, 0.2) is 5.78 Å². The number of hydrogen-bond acceptors (Lipinski definition) is 4. The zero-order valence-electron chi connectivity index (χ0n) is 11.4. The van der Waals surface area contributed by atoms with Crippen molar-refractivity contribution < 1.29 is 14.3 Å². The van der Waals surface area contributed by atoms with Crippen LogP contribution in [0.2, 0.25) is 0 Å². The second kappa shape index (κ2) is 7.05. The van der Waals surface area contributed by atoms with Crippen molar-refractivity contribution in [2.24, 2.45) is 0 Å². The van der Waals surface area contributed by atoms with Gasteiger partial charge in [0.1, 0.15) is 6.61 Å². The van der Waals surface area contributed by atoms with Crippen LogP contribution < -0.4 is 5.73 Å². The summed E-state index contributed by atoms with van der Waals surface area (Å²) >= 11 is 0. The summed E-state index contributed by atoms with van der Waals surface area (Å²) in [5.74, 6) is -0.897. The van der Waals surface area contributed by atoms with Crippen molar-refractivity contribution in [3.63, 3.8) is 0 Å². The third-order valence-electron chi connectivity index (χ3n) is 2.82. The molecule has 0 aliphatic rings. The van der Waals surface area contributed by atoms with Crippen LogP contribution in [0.5, 0.6) is 0 Å². The molecule has 2 aromatic rings. The Morgan fingerprint density at radius 1 is 0.952 bits per heavy atom. The molecule has 0 unspecified atom stereocenters. The van der Waals surface area contributed by atoms with Gasteiger partial charge >= 0.3 is 5.97 Å². The van der Waals surface area contributed by atoms with Crippen molar-refractivity contribution in [1.29, 1.82) is 0 Å². The van der Waals surface area contributed by atoms with Crippen LogP contribution in [0.1, 0.15) is 15.9 Å². The minimum Gasteiger partial charge on any atom is -0.458 e. The second-order valence-corrected chi connectivity index (χ2v) is 4.38. The van der Waals surface area contributed by atoms with Gasteiger partial charge in [0.2, 0.25) is 0 Å². The molecule has 0 bridgehead atoms. The summed E-state index contributed by atoms with van der Waals surface area (Å²) in [6.45, 7) is 0.172. The average molecular weight is 281 g/mol. The van der Waals surface area contributed by atoms with E-state index in [0.717, 1.165) is 11.6 Å². The fourth-order valence-electron chi connectivity index (χ4n) is 1.73. The van der Waals surface area contributed by atoms with Gasteiger partial charge in [0.05, 0.1) is 0 Å². The second-order valence-electron chi connectivity index (χ2n) is 4.38. The highest BCUT2D eigenvalue weighted by molar-refractivity contribution is 6.10. The van der Waals surface area contributed by atoms with Crippen LogP contribution in [0.15, 0.2) is 66.7 Å². The van der Waals surface area contributed by atoms with Crippen molar-refractivity contribution in [3.05, 3.63) is 77.9 Å². The monoisotopic (exact) mass is 281 g/mol. The summed E-state index contributed by atoms with van der Waals surface area (Å²) < 4.78 is 5.04. The van der Waals surface area contributed by atoms with E-state index in [1.807, 2.05) is 30.3 Å². The van der Waals surface area contributed by atoms with Crippen LogP contribution in [0.3, 0.4) is 0 Å². The third-order valence-corrected chi connectivity index (χ3v) is 2.82. The van der Waals surface area contributed by atoms with Gasteiger partial charge in [-0.3, -0.25) is 4.79 Å². The molecule has 0 atom stereocenters. The molecule has 106 valence electrons. The zero-order chi connectivity index (χ0) is 15.1. The normalized spacial score (nSPS) is 10.5. The first kappa shape index (κ1) is 14.5. The summed E-state index contributed by atoms with van der Waals surface area (Å²) in [5.41, 5.74) is 7.32. The molecule has 0 aromatic heterocycles. The Hall–Kier alpha value is -2.88. The number of carbonyl (C=O) groups excluding carboxylic acids is 2. The van der Waals surface area contributed by atoms with Gasteiger partial charge in [0, 0.05) is 17.3 Å². The fraction of sp³-hybridized carbons (Fsp3) is 0.0588. The molecule has 4 nitrogen and oxygen atoms in total. The zero-order valence-corrected chi connectivity index (χ0v) is 11.4. The van der Waals surface area contributed by atoms with Crippen LogP contribution in [0.4, 0.5) is 5.69 Å². The SMILES string of the molecule is Nc1ccccc1C(=O)/C=C/C(=O)OCc1ccccc1. The van der Waals surface area contributed by atoms with E-state index in [4.69, 9.17) is 10.5 Å². The molecule has 0 saturated heterocycles. The molecule has 4 heteroatoms. The van der Waals surface area contributed by atoms with Gasteiger partial charge in [0.25, 0.3) is 0 Å². The number of anilines is 1. The maximum Gasteiger partial charge on any atom is 0.331 e. The largest absolute Gasteiger partial charge is 0.458 e. The molecular weight excluding hydrogens is 266 g/mol. The lowest BCUT2D eigenvalue weighted by Crippen LogP contribution is -2.04. The van der Waals surface area contributed by atoms with Gasteiger partial charge in [-0.05, 0) is 23.8 Å². The molecule has 0 radical (unpaired) electrons. The van der Waals surface area contributed by atoms with E-state index >= 15 is 0 Å². The van der Waals surface area contributed by atoms with Gasteiger partial charge in [-0.15, -0.1) is 0 Å². The maximum absolute atomic E-state index is 11.9. The average Bonchev–Trinajstić information content (AvgIpc) is 2.52. The number of esters is 1. The van der Waals surface area contributed by atoms with Crippen molar-refractivity contribution in [1.82, 2.24) is 0 Å². The van der Waals surface area contributed by atoms with Crippen LogP contribution in [-0.4, -0.2) is 11.8 Å². The van der Waals surface area contributed by atoms with E-state index in [9.17, 15) is 9.59 Å². The van der Waals surface area contributed by atoms with Gasteiger partial charge in [-0.1, -0.05) is 42.5 Å². The number of ether oxygens (including phenoxy) is 1. The predicted molar refractivity (Wildman–Crippen MR) is 80.6 cm³/mol. The van der Waals surface area contributed by atoms with Gasteiger partial charge in [-0.25, -0.2) is 4.79 Å². The quantitative estimate of drug-likeness (QED) is 0.396. The van der Waals surface area contributed by atoms with Gasteiger partial charge in [-0.2, -0.15) is 0 Å². The highest BCUT2D eigenvalue weighted by atomic mass is 16.5. The van der Waals surface area contributed by atoms with E-state index in [-0.39, 0.29) is 12.4 Å². The van der Waals surface area contributed by atoms with Crippen molar-refractivity contribution in [2.45, 2.75) is 6.61 Å². The number of nitrogen functional groups attached to an aromatic ring is 1. The lowest BCUT2D eigenvalue weighted by molar-refractivity contribution is -0.139. The highest BCUT2D eigenvalue weighted by Crippen LogP contribution is 2.11. The molecule has 21 heavy (non-hydrogen) atoms. The number of hydrogen-bond donors (Lipinski definition) is 1. The molecule has 0 spiro atoms. The lowest BCUT2D eigenvalue weighted by atomic mass is 10.1. The molecule has 0 fully saturated rings. The van der Waals surface area contributed by atoms with Gasteiger partial charge < -0.3 is 10.5 Å². The lowest BCUT2D eigenvalue weighted by Gasteiger charge is -2.02. The smallest absolute Gasteiger partial charge is 0.331 e. The third kappa shape index (κ3) is 4.31. The Morgan fingerprint density at radius 3 is 2.33 bits per heavy atom. The Kier molecular flexibility index (Phi) is 4.88. The molecule has 0 amide bonds. The Balaban J connectivity index is 1.90. The van der Waals surface area contributed by atoms with E-state index < -0.39 is 5.97 Å². The van der Waals surface area contributed by atoms with E-state index in [0.29, 0.717) is 11.3 Å². The first-order chi connectivity index (χ1) is 10.2. The van der Waals surface area contributed by atoms with Crippen molar-refractivity contribution in [2.75, 3.05) is 5.73 Å². The van der Waals surface area contributed by atoms with E-state index in [1.165, 1.54) is 6.08 Å². The van der Waals surface area contributed by atoms with Crippen molar-refractivity contribution >= 4 is 17.4 Å². The summed E-state index contributed by atoms with van der Waals surface area (Å²) in [7, 11) is 0. The van der Waals surface area contributed by atoms with Crippen LogP contribution in [0.25, 0.3) is 0 Å². The van der Waals surface area contributed by atoms with E-state index in [2.05, 4.69) is 0 Å². The molecule has 0 aliphatic heterocycles. The maximum atomic E-state index is 11.9. The first-order valence-corrected chi connectivity index (χ1v) is 6.44. The molecule has 0 heterocycles. The molecular formula is C17H15NO3.